The molecule has 3 heterocycles. The first-order valence-electron chi connectivity index (χ1n) is 10.9. The van der Waals surface area contributed by atoms with Crippen LogP contribution in [0.1, 0.15) is 52.6 Å². The highest BCUT2D eigenvalue weighted by molar-refractivity contribution is 5.96. The Bertz CT molecular complexity index is 960. The first kappa shape index (κ1) is 19.5. The fraction of sp³-hybridized carbons (Fsp3) is 0.522. The van der Waals surface area contributed by atoms with Gasteiger partial charge in [0.15, 0.2) is 0 Å². The molecule has 1 aromatic carbocycles. The number of carbonyl (C=O) groups excluding carboxylic acids is 1. The molecule has 1 saturated carbocycles. The Morgan fingerprint density at radius 3 is 2.67 bits per heavy atom. The van der Waals surface area contributed by atoms with Crippen LogP contribution in [0.5, 0.6) is 0 Å². The number of hydrogen-bond donors (Lipinski definition) is 2. The smallest absolute Gasteiger partial charge is 0.270 e. The van der Waals surface area contributed by atoms with Gasteiger partial charge in [0.2, 0.25) is 0 Å². The van der Waals surface area contributed by atoms with Crippen LogP contribution in [-0.2, 0) is 12.0 Å². The van der Waals surface area contributed by atoms with Gasteiger partial charge in [-0.1, -0.05) is 30.3 Å². The van der Waals surface area contributed by atoms with Crippen molar-refractivity contribution >= 4 is 11.7 Å². The lowest BCUT2D eigenvalue weighted by Gasteiger charge is -2.48. The highest BCUT2D eigenvalue weighted by Gasteiger charge is 2.45. The molecule has 7 nitrogen and oxygen atoms in total. The number of anilines is 1. The first-order valence-corrected chi connectivity index (χ1v) is 10.9. The Kier molecular flexibility index (Phi) is 4.75. The zero-order valence-corrected chi connectivity index (χ0v) is 17.6. The number of hydrogen-bond acceptors (Lipinski definition) is 6. The molecule has 2 N–H and O–H groups in total. The van der Waals surface area contributed by atoms with E-state index in [1.54, 1.807) is 0 Å². The molecule has 0 unspecified atom stereocenters. The summed E-state index contributed by atoms with van der Waals surface area (Å²) in [4.78, 5) is 26.5. The van der Waals surface area contributed by atoms with Crippen LogP contribution < -0.4 is 10.2 Å². The standard InChI is InChI=1S/C23H29N5O2/c1-27(2)18-14-28(13-11-23(18,30)16-6-4-3-5-7-16)21-17-10-12-24-22(29)19(17)25-20(26-21)15-8-9-15/h3-7,15,18,30H,8-14H2,1-2H3,(H,24,29)/t18-,23+/m1/s1. The molecule has 3 aliphatic rings. The number of carbonyl (C=O) groups is 1. The number of aromatic nitrogens is 2. The Morgan fingerprint density at radius 1 is 1.20 bits per heavy atom. The molecule has 1 aliphatic carbocycles. The van der Waals surface area contributed by atoms with Crippen LogP contribution in [0.25, 0.3) is 0 Å². The first-order chi connectivity index (χ1) is 14.5. The summed E-state index contributed by atoms with van der Waals surface area (Å²) in [6.07, 6.45) is 3.53. The van der Waals surface area contributed by atoms with Crippen molar-refractivity contribution in [2.45, 2.75) is 43.2 Å². The fourth-order valence-corrected chi connectivity index (χ4v) is 4.85. The number of amides is 1. The summed E-state index contributed by atoms with van der Waals surface area (Å²) in [5, 5.41) is 14.6. The van der Waals surface area contributed by atoms with Gasteiger partial charge >= 0.3 is 0 Å². The van der Waals surface area contributed by atoms with Crippen molar-refractivity contribution in [1.29, 1.82) is 0 Å². The molecule has 30 heavy (non-hydrogen) atoms. The van der Waals surface area contributed by atoms with Crippen molar-refractivity contribution in [3.8, 4) is 0 Å². The van der Waals surface area contributed by atoms with Crippen molar-refractivity contribution in [3.05, 3.63) is 53.0 Å². The van der Waals surface area contributed by atoms with Crippen molar-refractivity contribution in [1.82, 2.24) is 20.2 Å². The molecule has 0 bridgehead atoms. The molecule has 1 aromatic heterocycles. The maximum absolute atomic E-state index is 12.5. The molecule has 2 atom stereocenters. The van der Waals surface area contributed by atoms with E-state index in [1.165, 1.54) is 0 Å². The average Bonchev–Trinajstić information content (AvgIpc) is 3.60. The van der Waals surface area contributed by atoms with E-state index in [0.29, 0.717) is 37.7 Å². The lowest BCUT2D eigenvalue weighted by molar-refractivity contribution is -0.0527. The summed E-state index contributed by atoms with van der Waals surface area (Å²) in [7, 11) is 4.03. The van der Waals surface area contributed by atoms with E-state index < -0.39 is 5.60 Å². The van der Waals surface area contributed by atoms with E-state index in [2.05, 4.69) is 20.1 Å². The molecule has 1 amide bonds. The Hall–Kier alpha value is -2.51. The maximum atomic E-state index is 12.5. The SMILES string of the molecule is CN(C)[C@@H]1CN(c2nc(C3CC3)nc3c2CCNC3=O)CC[C@]1(O)c1ccccc1. The number of aliphatic hydroxyl groups is 1. The number of likely N-dealkylation sites (N-methyl/N-ethyl adjacent to an activating group) is 1. The minimum Gasteiger partial charge on any atom is -0.383 e. The van der Waals surface area contributed by atoms with Crippen LogP contribution in [0.2, 0.25) is 0 Å². The highest BCUT2D eigenvalue weighted by Crippen LogP contribution is 2.41. The predicted molar refractivity (Wildman–Crippen MR) is 115 cm³/mol. The van der Waals surface area contributed by atoms with Crippen molar-refractivity contribution < 1.29 is 9.90 Å². The van der Waals surface area contributed by atoms with Crippen LogP contribution in [0.15, 0.2) is 30.3 Å². The molecule has 5 rings (SSSR count). The van der Waals surface area contributed by atoms with E-state index >= 15 is 0 Å². The second-order valence-electron chi connectivity index (χ2n) is 8.98. The van der Waals surface area contributed by atoms with E-state index in [9.17, 15) is 9.90 Å². The topological polar surface area (TPSA) is 81.6 Å². The van der Waals surface area contributed by atoms with Gasteiger partial charge in [0.1, 0.15) is 22.9 Å². The van der Waals surface area contributed by atoms with Crippen molar-refractivity contribution in [2.75, 3.05) is 38.6 Å². The quantitative estimate of drug-likeness (QED) is 0.803. The highest BCUT2D eigenvalue weighted by atomic mass is 16.3. The normalized spacial score (nSPS) is 26.5. The zero-order valence-electron chi connectivity index (χ0n) is 17.6. The molecular formula is C23H29N5O2. The minimum atomic E-state index is -0.926. The lowest BCUT2D eigenvalue weighted by atomic mass is 9.79. The third kappa shape index (κ3) is 3.26. The molecule has 2 aromatic rings. The monoisotopic (exact) mass is 407 g/mol. The van der Waals surface area contributed by atoms with Gasteiger partial charge in [-0.3, -0.25) is 4.79 Å². The summed E-state index contributed by atoms with van der Waals surface area (Å²) in [6.45, 7) is 1.95. The summed E-state index contributed by atoms with van der Waals surface area (Å²) in [5.41, 5.74) is 1.51. The summed E-state index contributed by atoms with van der Waals surface area (Å²) >= 11 is 0. The van der Waals surface area contributed by atoms with E-state index in [-0.39, 0.29) is 11.9 Å². The van der Waals surface area contributed by atoms with Crippen LogP contribution in [-0.4, -0.2) is 65.7 Å². The average molecular weight is 408 g/mol. The number of rotatable bonds is 4. The van der Waals surface area contributed by atoms with Gasteiger partial charge in [0.25, 0.3) is 5.91 Å². The third-order valence-electron chi connectivity index (χ3n) is 6.72. The largest absolute Gasteiger partial charge is 0.383 e. The van der Waals surface area contributed by atoms with Crippen molar-refractivity contribution in [3.63, 3.8) is 0 Å². The number of fused-ring (bicyclic) bond motifs is 1. The predicted octanol–water partition coefficient (Wildman–Crippen LogP) is 1.67. The summed E-state index contributed by atoms with van der Waals surface area (Å²) in [5.74, 6) is 1.97. The van der Waals surface area contributed by atoms with Gasteiger partial charge < -0.3 is 20.2 Å². The number of benzene rings is 1. The number of nitrogens with one attached hydrogen (secondary N) is 1. The van der Waals surface area contributed by atoms with Crippen LogP contribution >= 0.6 is 0 Å². The van der Waals surface area contributed by atoms with Crippen LogP contribution in [0, 0.1) is 0 Å². The van der Waals surface area contributed by atoms with Gasteiger partial charge in [0.05, 0.1) is 6.04 Å². The molecule has 2 fully saturated rings. The molecule has 7 heteroatoms. The number of nitrogens with zero attached hydrogens (tertiary/aromatic N) is 4. The molecule has 0 spiro atoms. The Labute approximate surface area is 177 Å². The molecule has 2 aliphatic heterocycles. The van der Waals surface area contributed by atoms with Crippen LogP contribution in [0.4, 0.5) is 5.82 Å². The molecule has 158 valence electrons. The summed E-state index contributed by atoms with van der Waals surface area (Å²) in [6, 6.07) is 9.86. The van der Waals surface area contributed by atoms with Gasteiger partial charge in [-0.25, -0.2) is 9.97 Å². The minimum absolute atomic E-state index is 0.0937. The second-order valence-corrected chi connectivity index (χ2v) is 8.98. The van der Waals surface area contributed by atoms with Gasteiger partial charge in [-0.2, -0.15) is 0 Å². The summed E-state index contributed by atoms with van der Waals surface area (Å²) < 4.78 is 0. The van der Waals surface area contributed by atoms with E-state index in [0.717, 1.165) is 42.0 Å². The van der Waals surface area contributed by atoms with Gasteiger partial charge in [-0.15, -0.1) is 0 Å². The Morgan fingerprint density at radius 2 is 1.97 bits per heavy atom. The van der Waals surface area contributed by atoms with E-state index in [1.807, 2.05) is 44.4 Å². The molecule has 1 saturated heterocycles. The van der Waals surface area contributed by atoms with Crippen molar-refractivity contribution in [2.24, 2.45) is 0 Å². The maximum Gasteiger partial charge on any atom is 0.270 e. The molecular weight excluding hydrogens is 378 g/mol. The zero-order chi connectivity index (χ0) is 20.9. The fourth-order valence-electron chi connectivity index (χ4n) is 4.85. The third-order valence-corrected chi connectivity index (χ3v) is 6.72. The van der Waals surface area contributed by atoms with E-state index in [4.69, 9.17) is 4.98 Å². The Balaban J connectivity index is 1.52. The number of piperidine rings is 1. The van der Waals surface area contributed by atoms with Gasteiger partial charge in [-0.05, 0) is 45.3 Å². The molecule has 0 radical (unpaired) electrons. The lowest BCUT2D eigenvalue weighted by Crippen LogP contribution is -2.59. The van der Waals surface area contributed by atoms with Crippen LogP contribution in [0.3, 0.4) is 0 Å². The van der Waals surface area contributed by atoms with Gasteiger partial charge in [0, 0.05) is 31.1 Å². The second kappa shape index (κ2) is 7.32.